The van der Waals surface area contributed by atoms with Gasteiger partial charge in [-0.05, 0) is 49.8 Å². The summed E-state index contributed by atoms with van der Waals surface area (Å²) in [5, 5.41) is 2.95. The Balaban J connectivity index is 2.02. The summed E-state index contributed by atoms with van der Waals surface area (Å²) >= 11 is 0. The highest BCUT2D eigenvalue weighted by Crippen LogP contribution is 2.22. The van der Waals surface area contributed by atoms with Gasteiger partial charge in [-0.3, -0.25) is 9.69 Å². The molecule has 0 bridgehead atoms. The standard InChI is InChI=1S/C18H26N2O3/c1-12(2)11-23-18(22)20-9-5-6-16(20)17(21)19-15-10-13(3)7-8-14(15)4/h7-8,10,12,16H,5-6,9,11H2,1-4H3,(H,19,21). The van der Waals surface area contributed by atoms with Gasteiger partial charge in [-0.15, -0.1) is 0 Å². The maximum absolute atomic E-state index is 12.6. The summed E-state index contributed by atoms with van der Waals surface area (Å²) in [5.41, 5.74) is 2.90. The first-order chi connectivity index (χ1) is 10.9. The largest absolute Gasteiger partial charge is 0.449 e. The second-order valence-corrected chi connectivity index (χ2v) is 6.63. The smallest absolute Gasteiger partial charge is 0.410 e. The number of carbonyl (C=O) groups excluding carboxylic acids is 2. The van der Waals surface area contributed by atoms with Crippen LogP contribution in [0.5, 0.6) is 0 Å². The SMILES string of the molecule is Cc1ccc(C)c(NC(=O)C2CCCN2C(=O)OCC(C)C)c1. The van der Waals surface area contributed by atoms with E-state index in [1.54, 1.807) is 4.90 Å². The molecule has 1 fully saturated rings. The Morgan fingerprint density at radius 3 is 2.78 bits per heavy atom. The molecule has 0 radical (unpaired) electrons. The number of anilines is 1. The van der Waals surface area contributed by atoms with E-state index in [0.717, 1.165) is 23.2 Å². The zero-order valence-corrected chi connectivity index (χ0v) is 14.4. The number of aryl methyl sites for hydroxylation is 2. The second kappa shape index (κ2) is 7.49. The zero-order chi connectivity index (χ0) is 17.0. The Kier molecular flexibility index (Phi) is 5.64. The molecule has 1 atom stereocenters. The zero-order valence-electron chi connectivity index (χ0n) is 14.4. The lowest BCUT2D eigenvalue weighted by Gasteiger charge is -2.24. The number of carbonyl (C=O) groups is 2. The minimum absolute atomic E-state index is 0.141. The Hall–Kier alpha value is -2.04. The summed E-state index contributed by atoms with van der Waals surface area (Å²) in [7, 11) is 0. The lowest BCUT2D eigenvalue weighted by molar-refractivity contribution is -0.120. The van der Waals surface area contributed by atoms with Crippen LogP contribution in [-0.4, -0.2) is 36.1 Å². The normalized spacial score (nSPS) is 17.4. The Morgan fingerprint density at radius 1 is 1.35 bits per heavy atom. The van der Waals surface area contributed by atoms with Crippen molar-refractivity contribution in [3.8, 4) is 0 Å². The number of amides is 2. The molecule has 2 amide bonds. The van der Waals surface area contributed by atoms with Crippen LogP contribution in [-0.2, 0) is 9.53 Å². The van der Waals surface area contributed by atoms with Crippen molar-refractivity contribution in [2.45, 2.75) is 46.6 Å². The fraction of sp³-hybridized carbons (Fsp3) is 0.556. The molecule has 1 saturated heterocycles. The van der Waals surface area contributed by atoms with E-state index in [9.17, 15) is 9.59 Å². The summed E-state index contributed by atoms with van der Waals surface area (Å²) in [6.45, 7) is 8.87. The maximum Gasteiger partial charge on any atom is 0.410 e. The van der Waals surface area contributed by atoms with E-state index in [2.05, 4.69) is 5.32 Å². The van der Waals surface area contributed by atoms with E-state index in [1.807, 2.05) is 45.9 Å². The molecule has 1 N–H and O–H groups in total. The van der Waals surface area contributed by atoms with Crippen LogP contribution in [0.25, 0.3) is 0 Å². The van der Waals surface area contributed by atoms with Crippen LogP contribution in [0, 0.1) is 19.8 Å². The fourth-order valence-corrected chi connectivity index (χ4v) is 2.67. The van der Waals surface area contributed by atoms with Crippen molar-refractivity contribution >= 4 is 17.7 Å². The third kappa shape index (κ3) is 4.47. The molecule has 1 heterocycles. The quantitative estimate of drug-likeness (QED) is 0.924. The number of ether oxygens (including phenoxy) is 1. The molecule has 23 heavy (non-hydrogen) atoms. The van der Waals surface area contributed by atoms with Crippen LogP contribution in [0.15, 0.2) is 18.2 Å². The van der Waals surface area contributed by atoms with E-state index in [1.165, 1.54) is 0 Å². The van der Waals surface area contributed by atoms with E-state index < -0.39 is 12.1 Å². The van der Waals surface area contributed by atoms with Crippen molar-refractivity contribution in [2.75, 3.05) is 18.5 Å². The van der Waals surface area contributed by atoms with Gasteiger partial charge in [0.05, 0.1) is 6.61 Å². The molecule has 126 valence electrons. The molecule has 2 rings (SSSR count). The topological polar surface area (TPSA) is 58.6 Å². The van der Waals surface area contributed by atoms with Gasteiger partial charge in [0.15, 0.2) is 0 Å². The number of likely N-dealkylation sites (tertiary alicyclic amines) is 1. The van der Waals surface area contributed by atoms with Crippen LogP contribution in [0.2, 0.25) is 0 Å². The number of benzene rings is 1. The maximum atomic E-state index is 12.6. The third-order valence-corrected chi connectivity index (χ3v) is 3.98. The molecule has 1 aromatic rings. The molecule has 0 aromatic heterocycles. The fourth-order valence-electron chi connectivity index (χ4n) is 2.67. The molecule has 1 aliphatic rings. The van der Waals surface area contributed by atoms with Gasteiger partial charge in [0.25, 0.3) is 0 Å². The second-order valence-electron chi connectivity index (χ2n) is 6.63. The number of hydrogen-bond donors (Lipinski definition) is 1. The Bertz CT molecular complexity index is 584. The van der Waals surface area contributed by atoms with Gasteiger partial charge in [0.2, 0.25) is 5.91 Å². The van der Waals surface area contributed by atoms with Crippen LogP contribution >= 0.6 is 0 Å². The van der Waals surface area contributed by atoms with Crippen molar-refractivity contribution in [2.24, 2.45) is 5.92 Å². The average Bonchev–Trinajstić information content (AvgIpc) is 2.98. The van der Waals surface area contributed by atoms with E-state index in [4.69, 9.17) is 4.74 Å². The molecular weight excluding hydrogens is 292 g/mol. The van der Waals surface area contributed by atoms with Gasteiger partial charge >= 0.3 is 6.09 Å². The van der Waals surface area contributed by atoms with E-state index >= 15 is 0 Å². The van der Waals surface area contributed by atoms with Gasteiger partial charge in [0.1, 0.15) is 6.04 Å². The highest BCUT2D eigenvalue weighted by atomic mass is 16.6. The van der Waals surface area contributed by atoms with Crippen LogP contribution < -0.4 is 5.32 Å². The molecule has 0 spiro atoms. The Labute approximate surface area is 138 Å². The van der Waals surface area contributed by atoms with E-state index in [-0.39, 0.29) is 11.8 Å². The van der Waals surface area contributed by atoms with Crippen LogP contribution in [0.3, 0.4) is 0 Å². The minimum Gasteiger partial charge on any atom is -0.449 e. The summed E-state index contributed by atoms with van der Waals surface area (Å²) in [6, 6.07) is 5.49. The molecule has 1 unspecified atom stereocenters. The molecule has 0 aliphatic carbocycles. The van der Waals surface area contributed by atoms with Crippen molar-refractivity contribution in [1.29, 1.82) is 0 Å². The molecule has 1 aliphatic heterocycles. The van der Waals surface area contributed by atoms with Crippen molar-refractivity contribution < 1.29 is 14.3 Å². The molecular formula is C18H26N2O3. The number of nitrogens with zero attached hydrogens (tertiary/aromatic N) is 1. The first-order valence-electron chi connectivity index (χ1n) is 8.20. The Morgan fingerprint density at radius 2 is 2.09 bits per heavy atom. The van der Waals surface area contributed by atoms with Gasteiger partial charge in [-0.2, -0.15) is 0 Å². The summed E-state index contributed by atoms with van der Waals surface area (Å²) in [5.74, 6) is 0.140. The monoisotopic (exact) mass is 318 g/mol. The highest BCUT2D eigenvalue weighted by Gasteiger charge is 2.35. The van der Waals surface area contributed by atoms with Gasteiger partial charge in [0, 0.05) is 12.2 Å². The van der Waals surface area contributed by atoms with Crippen LogP contribution in [0.1, 0.15) is 37.8 Å². The third-order valence-electron chi connectivity index (χ3n) is 3.98. The van der Waals surface area contributed by atoms with Crippen molar-refractivity contribution in [3.63, 3.8) is 0 Å². The predicted molar refractivity (Wildman–Crippen MR) is 90.5 cm³/mol. The van der Waals surface area contributed by atoms with Crippen LogP contribution in [0.4, 0.5) is 10.5 Å². The number of rotatable bonds is 4. The minimum atomic E-state index is -0.449. The number of hydrogen-bond acceptors (Lipinski definition) is 3. The average molecular weight is 318 g/mol. The highest BCUT2D eigenvalue weighted by molar-refractivity contribution is 5.97. The first kappa shape index (κ1) is 17.3. The number of nitrogens with one attached hydrogen (secondary N) is 1. The van der Waals surface area contributed by atoms with Crippen molar-refractivity contribution in [3.05, 3.63) is 29.3 Å². The van der Waals surface area contributed by atoms with Gasteiger partial charge < -0.3 is 10.1 Å². The van der Waals surface area contributed by atoms with Gasteiger partial charge in [-0.25, -0.2) is 4.79 Å². The molecule has 5 heteroatoms. The van der Waals surface area contributed by atoms with E-state index in [0.29, 0.717) is 19.6 Å². The van der Waals surface area contributed by atoms with Gasteiger partial charge in [-0.1, -0.05) is 26.0 Å². The summed E-state index contributed by atoms with van der Waals surface area (Å²) < 4.78 is 5.27. The molecule has 1 aromatic carbocycles. The summed E-state index contributed by atoms with van der Waals surface area (Å²) in [6.07, 6.45) is 1.10. The first-order valence-corrected chi connectivity index (χ1v) is 8.20. The molecule has 5 nitrogen and oxygen atoms in total. The summed E-state index contributed by atoms with van der Waals surface area (Å²) in [4.78, 5) is 26.3. The van der Waals surface area contributed by atoms with Crippen molar-refractivity contribution in [1.82, 2.24) is 4.90 Å². The lowest BCUT2D eigenvalue weighted by atomic mass is 10.1. The lowest BCUT2D eigenvalue weighted by Crippen LogP contribution is -2.43. The predicted octanol–water partition coefficient (Wildman–Crippen LogP) is 3.50. The molecule has 0 saturated carbocycles.